The van der Waals surface area contributed by atoms with Gasteiger partial charge in [-0.1, -0.05) is 60.7 Å². The van der Waals surface area contributed by atoms with E-state index in [0.717, 1.165) is 46.9 Å². The molecule has 0 unspecified atom stereocenters. The summed E-state index contributed by atoms with van der Waals surface area (Å²) in [5, 5.41) is 22.6. The van der Waals surface area contributed by atoms with Gasteiger partial charge in [-0.3, -0.25) is 19.3 Å². The van der Waals surface area contributed by atoms with Crippen molar-refractivity contribution in [2.45, 2.75) is 25.4 Å². The Balaban J connectivity index is 1.57. The van der Waals surface area contributed by atoms with E-state index in [1.807, 2.05) is 53.5 Å². The van der Waals surface area contributed by atoms with Crippen molar-refractivity contribution in [2.24, 2.45) is 0 Å². The topological polar surface area (TPSA) is 112 Å². The maximum atomic E-state index is 13.8. The number of fused-ring (bicyclic) bond motifs is 3. The average molecular weight is 538 g/mol. The van der Waals surface area contributed by atoms with E-state index in [4.69, 9.17) is 4.74 Å². The Morgan fingerprint density at radius 1 is 0.925 bits per heavy atom. The first-order valence-electron chi connectivity index (χ1n) is 12.9. The van der Waals surface area contributed by atoms with Gasteiger partial charge >= 0.3 is 5.97 Å². The van der Waals surface area contributed by atoms with Crippen LogP contribution in [0.15, 0.2) is 83.8 Å². The Morgan fingerprint density at radius 3 is 2.10 bits per heavy atom. The number of ether oxygens (including phenoxy) is 1. The molecule has 4 aromatic rings. The van der Waals surface area contributed by atoms with Crippen LogP contribution in [0.5, 0.6) is 11.5 Å². The van der Waals surface area contributed by atoms with E-state index in [1.165, 1.54) is 4.68 Å². The summed E-state index contributed by atoms with van der Waals surface area (Å²) < 4.78 is 6.61. The van der Waals surface area contributed by atoms with Crippen LogP contribution in [0.2, 0.25) is 0 Å². The average Bonchev–Trinajstić information content (AvgIpc) is 3.13. The summed E-state index contributed by atoms with van der Waals surface area (Å²) in [7, 11) is 1.58. The number of amides is 1. The smallest absolute Gasteiger partial charge is 0.341 e. The molecule has 2 heterocycles. The Kier molecular flexibility index (Phi) is 6.26. The van der Waals surface area contributed by atoms with Gasteiger partial charge in [0.05, 0.1) is 13.2 Å². The zero-order valence-corrected chi connectivity index (χ0v) is 21.8. The predicted octanol–water partition coefficient (Wildman–Crippen LogP) is 3.70. The lowest BCUT2D eigenvalue weighted by Crippen LogP contribution is -2.55. The monoisotopic (exact) mass is 537 g/mol. The number of rotatable bonds is 5. The molecular weight excluding hydrogens is 510 g/mol. The lowest BCUT2D eigenvalue weighted by Gasteiger charge is -2.44. The molecule has 1 aliphatic carbocycles. The van der Waals surface area contributed by atoms with Gasteiger partial charge in [0, 0.05) is 12.7 Å². The highest BCUT2D eigenvalue weighted by molar-refractivity contribution is 5.98. The molecule has 0 saturated heterocycles. The normalized spacial score (nSPS) is 14.7. The van der Waals surface area contributed by atoms with Gasteiger partial charge in [-0.15, -0.1) is 0 Å². The third kappa shape index (κ3) is 4.16. The van der Waals surface area contributed by atoms with Gasteiger partial charge in [0.2, 0.25) is 5.43 Å². The lowest BCUT2D eigenvalue weighted by atomic mass is 9.94. The van der Waals surface area contributed by atoms with E-state index in [-0.39, 0.29) is 18.9 Å². The zero-order valence-electron chi connectivity index (χ0n) is 21.8. The zero-order chi connectivity index (χ0) is 28.0. The first-order chi connectivity index (χ1) is 19.4. The molecule has 1 amide bonds. The van der Waals surface area contributed by atoms with Crippen LogP contribution >= 0.6 is 0 Å². The number of hydrogen-bond donors (Lipinski definition) is 2. The fraction of sp³-hybridized carbons (Fsp3) is 0.194. The summed E-state index contributed by atoms with van der Waals surface area (Å²) >= 11 is 0. The number of carboxylic acid groups (broad SMARTS) is 1. The van der Waals surface area contributed by atoms with E-state index in [1.54, 1.807) is 24.1 Å². The third-order valence-electron chi connectivity index (χ3n) is 7.67. The molecule has 202 valence electrons. The fourth-order valence-corrected chi connectivity index (χ4v) is 5.69. The minimum atomic E-state index is -1.48. The fourth-order valence-electron chi connectivity index (χ4n) is 5.69. The maximum absolute atomic E-state index is 13.8. The molecule has 1 aliphatic heterocycles. The van der Waals surface area contributed by atoms with Crippen molar-refractivity contribution in [3.05, 3.63) is 128 Å². The van der Waals surface area contributed by atoms with Crippen molar-refractivity contribution in [2.75, 3.05) is 18.8 Å². The highest BCUT2D eigenvalue weighted by atomic mass is 16.5. The molecule has 0 radical (unpaired) electrons. The Bertz CT molecular complexity index is 1650. The molecule has 0 spiro atoms. The van der Waals surface area contributed by atoms with Gasteiger partial charge in [0.25, 0.3) is 5.91 Å². The quantitative estimate of drug-likeness (QED) is 0.399. The van der Waals surface area contributed by atoms with Crippen molar-refractivity contribution in [1.29, 1.82) is 0 Å². The number of benzene rings is 3. The number of hydrogen-bond acceptors (Lipinski definition) is 6. The number of aromatic carboxylic acids is 1. The molecule has 9 heteroatoms. The van der Waals surface area contributed by atoms with Crippen LogP contribution in [0.1, 0.15) is 54.7 Å². The molecule has 0 saturated carbocycles. The molecule has 0 bridgehead atoms. The molecule has 0 fully saturated rings. The molecule has 0 atom stereocenters. The predicted molar refractivity (Wildman–Crippen MR) is 147 cm³/mol. The van der Waals surface area contributed by atoms with Crippen molar-refractivity contribution < 1.29 is 24.5 Å². The van der Waals surface area contributed by atoms with Crippen LogP contribution in [0.25, 0.3) is 0 Å². The molecular formula is C31H27N3O6. The third-order valence-corrected chi connectivity index (χ3v) is 7.67. The van der Waals surface area contributed by atoms with E-state index < -0.39 is 34.7 Å². The number of aromatic nitrogens is 1. The Morgan fingerprint density at radius 2 is 1.52 bits per heavy atom. The highest BCUT2D eigenvalue weighted by Crippen LogP contribution is 2.38. The number of methoxy groups -OCH3 is 1. The van der Waals surface area contributed by atoms with Crippen LogP contribution in [0.3, 0.4) is 0 Å². The van der Waals surface area contributed by atoms with Crippen LogP contribution < -0.4 is 15.2 Å². The largest absolute Gasteiger partial charge is 0.502 e. The highest BCUT2D eigenvalue weighted by Gasteiger charge is 2.39. The summed E-state index contributed by atoms with van der Waals surface area (Å²) in [6.07, 6.45) is 2.78. The first kappa shape index (κ1) is 25.2. The minimum absolute atomic E-state index is 0.0760. The Labute approximate surface area is 230 Å². The van der Waals surface area contributed by atoms with E-state index >= 15 is 0 Å². The van der Waals surface area contributed by atoms with Gasteiger partial charge in [-0.05, 0) is 52.8 Å². The molecule has 40 heavy (non-hydrogen) atoms. The van der Waals surface area contributed by atoms with Crippen molar-refractivity contribution in [3.63, 3.8) is 0 Å². The second-order valence-electron chi connectivity index (χ2n) is 9.95. The number of aromatic hydroxyl groups is 1. The van der Waals surface area contributed by atoms with Crippen LogP contribution in [0, 0.1) is 0 Å². The van der Waals surface area contributed by atoms with Crippen molar-refractivity contribution >= 4 is 11.9 Å². The van der Waals surface area contributed by atoms with Gasteiger partial charge in [0.1, 0.15) is 18.0 Å². The first-order valence-corrected chi connectivity index (χ1v) is 12.9. The SMILES string of the molecule is COc1ccc(CN2CN(C3c4ccccc4CCc4ccccc43)n3cc(C(=O)O)c(=O)c(O)c3C2=O)cc1. The summed E-state index contributed by atoms with van der Waals surface area (Å²) in [5.41, 5.74) is 3.12. The number of nitrogens with zero attached hydrogens (tertiary/aromatic N) is 3. The molecule has 3 aromatic carbocycles. The summed E-state index contributed by atoms with van der Waals surface area (Å²) in [6, 6.07) is 23.0. The number of pyridine rings is 1. The molecule has 9 nitrogen and oxygen atoms in total. The van der Waals surface area contributed by atoms with Gasteiger partial charge in [0.15, 0.2) is 11.4 Å². The summed E-state index contributed by atoms with van der Waals surface area (Å²) in [5.74, 6) is -2.26. The summed E-state index contributed by atoms with van der Waals surface area (Å²) in [4.78, 5) is 40.2. The minimum Gasteiger partial charge on any atom is -0.502 e. The van der Waals surface area contributed by atoms with Gasteiger partial charge in [-0.2, -0.15) is 0 Å². The van der Waals surface area contributed by atoms with Gasteiger partial charge in [-0.25, -0.2) is 4.79 Å². The second-order valence-corrected chi connectivity index (χ2v) is 9.95. The van der Waals surface area contributed by atoms with Gasteiger partial charge < -0.3 is 19.8 Å². The summed E-state index contributed by atoms with van der Waals surface area (Å²) in [6.45, 7) is 0.274. The van der Waals surface area contributed by atoms with Crippen LogP contribution in [-0.2, 0) is 19.4 Å². The molecule has 6 rings (SSSR count). The maximum Gasteiger partial charge on any atom is 0.341 e. The number of aryl methyl sites for hydroxylation is 2. The van der Waals surface area contributed by atoms with Crippen molar-refractivity contribution in [1.82, 2.24) is 9.58 Å². The van der Waals surface area contributed by atoms with E-state index in [2.05, 4.69) is 12.1 Å². The second kappa shape index (κ2) is 9.92. The molecule has 2 aliphatic rings. The standard InChI is InChI=1S/C31H27N3O6/c1-40-22-14-10-19(11-15-22)16-32-18-34(33-17-25(31(38)39)28(35)29(36)27(33)30(32)37)26-23-8-4-2-6-20(23)12-13-21-7-3-5-9-24(21)26/h2-11,14-15,17,26,36H,12-13,16,18H2,1H3,(H,38,39). The number of carbonyl (C=O) groups excluding carboxylic acids is 1. The van der Waals surface area contributed by atoms with Crippen molar-refractivity contribution in [3.8, 4) is 11.5 Å². The number of carbonyl (C=O) groups is 2. The van der Waals surface area contributed by atoms with E-state index in [0.29, 0.717) is 5.75 Å². The number of carboxylic acids is 1. The molecule has 1 aromatic heterocycles. The van der Waals surface area contributed by atoms with E-state index in [9.17, 15) is 24.6 Å². The lowest BCUT2D eigenvalue weighted by molar-refractivity contribution is 0.0650. The van der Waals surface area contributed by atoms with Crippen LogP contribution in [-0.4, -0.2) is 45.4 Å². The molecule has 2 N–H and O–H groups in total. The Hall–Kier alpha value is -5.05. The van der Waals surface area contributed by atoms with Crippen LogP contribution in [0.4, 0.5) is 0 Å².